The van der Waals surface area contributed by atoms with Crippen molar-refractivity contribution in [2.24, 2.45) is 0 Å². The van der Waals surface area contributed by atoms with Crippen molar-refractivity contribution >= 4 is 5.82 Å². The summed E-state index contributed by atoms with van der Waals surface area (Å²) in [5.41, 5.74) is 2.71. The van der Waals surface area contributed by atoms with Crippen LogP contribution in [0.1, 0.15) is 11.3 Å². The molecule has 1 aromatic rings. The molecule has 1 fully saturated rings. The third-order valence-electron chi connectivity index (χ3n) is 3.67. The fraction of sp³-hybridized carbons (Fsp3) is 0.615. The summed E-state index contributed by atoms with van der Waals surface area (Å²) in [6, 6.07) is 4.44. The molecule has 0 bridgehead atoms. The zero-order valence-electron chi connectivity index (χ0n) is 10.4. The van der Waals surface area contributed by atoms with Crippen molar-refractivity contribution in [3.8, 4) is 0 Å². The fourth-order valence-corrected chi connectivity index (χ4v) is 2.62. The second-order valence-electron chi connectivity index (χ2n) is 5.00. The van der Waals surface area contributed by atoms with E-state index >= 15 is 0 Å². The van der Waals surface area contributed by atoms with E-state index in [1.165, 1.54) is 11.3 Å². The smallest absolute Gasteiger partial charge is 0.128 e. The number of hydrogen-bond donors (Lipinski definition) is 1. The third kappa shape index (κ3) is 2.28. The van der Waals surface area contributed by atoms with Crippen molar-refractivity contribution < 1.29 is 0 Å². The molecule has 1 saturated heterocycles. The van der Waals surface area contributed by atoms with Gasteiger partial charge in [-0.2, -0.15) is 0 Å². The highest BCUT2D eigenvalue weighted by Gasteiger charge is 2.17. The summed E-state index contributed by atoms with van der Waals surface area (Å²) in [5.74, 6) is 1.16. The molecule has 0 unspecified atom stereocenters. The summed E-state index contributed by atoms with van der Waals surface area (Å²) >= 11 is 0. The van der Waals surface area contributed by atoms with Crippen LogP contribution in [0.2, 0.25) is 0 Å². The Hall–Kier alpha value is -1.13. The van der Waals surface area contributed by atoms with Gasteiger partial charge in [-0.3, -0.25) is 0 Å². The molecular weight excluding hydrogens is 212 g/mol. The van der Waals surface area contributed by atoms with Gasteiger partial charge in [-0.25, -0.2) is 4.98 Å². The van der Waals surface area contributed by atoms with Gasteiger partial charge in [-0.05, 0) is 18.7 Å². The molecule has 1 aromatic heterocycles. The average molecular weight is 232 g/mol. The minimum atomic E-state index is 1.05. The standard InChI is InChI=1S/C13H20N4/c1-16-7-4-12-11(10-16)2-3-13(15-12)17-8-5-14-6-9-17/h2-3,14H,4-10H2,1H3. The number of nitrogens with zero attached hydrogens (tertiary/aromatic N) is 3. The molecule has 2 aliphatic heterocycles. The Labute approximate surface area is 103 Å². The largest absolute Gasteiger partial charge is 0.354 e. The van der Waals surface area contributed by atoms with E-state index < -0.39 is 0 Å². The lowest BCUT2D eigenvalue weighted by Gasteiger charge is -2.30. The highest BCUT2D eigenvalue weighted by atomic mass is 15.2. The monoisotopic (exact) mass is 232 g/mol. The van der Waals surface area contributed by atoms with Crippen molar-refractivity contribution in [2.45, 2.75) is 13.0 Å². The first-order chi connectivity index (χ1) is 8.33. The molecule has 17 heavy (non-hydrogen) atoms. The quantitative estimate of drug-likeness (QED) is 0.763. The second kappa shape index (κ2) is 4.63. The molecule has 4 heteroatoms. The summed E-state index contributed by atoms with van der Waals surface area (Å²) in [5, 5.41) is 3.38. The van der Waals surface area contributed by atoms with Gasteiger partial charge in [0.25, 0.3) is 0 Å². The van der Waals surface area contributed by atoms with Crippen LogP contribution < -0.4 is 10.2 Å². The fourth-order valence-electron chi connectivity index (χ4n) is 2.62. The minimum absolute atomic E-state index is 1.05. The van der Waals surface area contributed by atoms with Crippen molar-refractivity contribution in [1.82, 2.24) is 15.2 Å². The number of likely N-dealkylation sites (N-methyl/N-ethyl adjacent to an activating group) is 1. The van der Waals surface area contributed by atoms with Crippen LogP contribution in [0.4, 0.5) is 5.82 Å². The normalized spacial score (nSPS) is 21.4. The Morgan fingerprint density at radius 3 is 2.82 bits per heavy atom. The summed E-state index contributed by atoms with van der Waals surface area (Å²) in [6.07, 6.45) is 1.09. The molecule has 2 aliphatic rings. The Kier molecular flexibility index (Phi) is 2.99. The van der Waals surface area contributed by atoms with Crippen LogP contribution in [0, 0.1) is 0 Å². The molecule has 0 atom stereocenters. The van der Waals surface area contributed by atoms with Gasteiger partial charge in [0.1, 0.15) is 5.82 Å². The van der Waals surface area contributed by atoms with Crippen molar-refractivity contribution in [3.63, 3.8) is 0 Å². The van der Waals surface area contributed by atoms with Crippen LogP contribution in [0.3, 0.4) is 0 Å². The zero-order chi connectivity index (χ0) is 11.7. The van der Waals surface area contributed by atoms with Crippen LogP contribution in [-0.2, 0) is 13.0 Å². The van der Waals surface area contributed by atoms with Gasteiger partial charge in [0.05, 0.1) is 0 Å². The molecule has 3 rings (SSSR count). The number of nitrogens with one attached hydrogen (secondary N) is 1. The van der Waals surface area contributed by atoms with Crippen LogP contribution in [0.5, 0.6) is 0 Å². The lowest BCUT2D eigenvalue weighted by molar-refractivity contribution is 0.310. The average Bonchev–Trinajstić information content (AvgIpc) is 2.39. The van der Waals surface area contributed by atoms with E-state index in [1.807, 2.05) is 0 Å². The van der Waals surface area contributed by atoms with E-state index in [1.54, 1.807) is 0 Å². The van der Waals surface area contributed by atoms with E-state index in [0.29, 0.717) is 0 Å². The zero-order valence-corrected chi connectivity index (χ0v) is 10.4. The number of aromatic nitrogens is 1. The van der Waals surface area contributed by atoms with E-state index in [0.717, 1.165) is 51.5 Å². The molecule has 1 N–H and O–H groups in total. The molecular formula is C13H20N4. The van der Waals surface area contributed by atoms with Crippen molar-refractivity contribution in [2.75, 3.05) is 44.7 Å². The lowest BCUT2D eigenvalue weighted by atomic mass is 10.1. The molecule has 0 aliphatic carbocycles. The highest BCUT2D eigenvalue weighted by molar-refractivity contribution is 5.43. The maximum Gasteiger partial charge on any atom is 0.128 e. The van der Waals surface area contributed by atoms with E-state index in [4.69, 9.17) is 4.98 Å². The number of rotatable bonds is 1. The van der Waals surface area contributed by atoms with Crippen LogP contribution >= 0.6 is 0 Å². The molecule has 3 heterocycles. The Balaban J connectivity index is 1.82. The summed E-state index contributed by atoms with van der Waals surface area (Å²) in [6.45, 7) is 6.47. The third-order valence-corrected chi connectivity index (χ3v) is 3.67. The SMILES string of the molecule is CN1CCc2nc(N3CCNCC3)ccc2C1. The number of anilines is 1. The Bertz CT molecular complexity index is 398. The Morgan fingerprint density at radius 2 is 2.00 bits per heavy atom. The van der Waals surface area contributed by atoms with Crippen LogP contribution in [-0.4, -0.2) is 49.7 Å². The maximum absolute atomic E-state index is 4.84. The van der Waals surface area contributed by atoms with Crippen molar-refractivity contribution in [1.29, 1.82) is 0 Å². The molecule has 0 radical (unpaired) electrons. The van der Waals surface area contributed by atoms with Crippen molar-refractivity contribution in [3.05, 3.63) is 23.4 Å². The first kappa shape index (κ1) is 11.0. The highest BCUT2D eigenvalue weighted by Crippen LogP contribution is 2.20. The molecule has 4 nitrogen and oxygen atoms in total. The Morgan fingerprint density at radius 1 is 1.18 bits per heavy atom. The van der Waals surface area contributed by atoms with Gasteiger partial charge in [-0.1, -0.05) is 6.07 Å². The van der Waals surface area contributed by atoms with Gasteiger partial charge in [0.2, 0.25) is 0 Å². The predicted molar refractivity (Wildman–Crippen MR) is 69.4 cm³/mol. The van der Waals surface area contributed by atoms with Gasteiger partial charge in [0, 0.05) is 51.4 Å². The summed E-state index contributed by atoms with van der Waals surface area (Å²) in [7, 11) is 2.17. The van der Waals surface area contributed by atoms with E-state index in [-0.39, 0.29) is 0 Å². The summed E-state index contributed by atoms with van der Waals surface area (Å²) in [4.78, 5) is 9.58. The summed E-state index contributed by atoms with van der Waals surface area (Å²) < 4.78 is 0. The van der Waals surface area contributed by atoms with E-state index in [9.17, 15) is 0 Å². The van der Waals surface area contributed by atoms with Crippen LogP contribution in [0.15, 0.2) is 12.1 Å². The lowest BCUT2D eigenvalue weighted by Crippen LogP contribution is -2.44. The molecule has 0 saturated carbocycles. The first-order valence-electron chi connectivity index (χ1n) is 6.46. The minimum Gasteiger partial charge on any atom is -0.354 e. The van der Waals surface area contributed by atoms with Gasteiger partial charge in [-0.15, -0.1) is 0 Å². The molecule has 0 spiro atoms. The van der Waals surface area contributed by atoms with E-state index in [2.05, 4.69) is 34.3 Å². The molecule has 92 valence electrons. The number of hydrogen-bond acceptors (Lipinski definition) is 4. The number of fused-ring (bicyclic) bond motifs is 1. The van der Waals surface area contributed by atoms with Gasteiger partial charge in [0.15, 0.2) is 0 Å². The second-order valence-corrected chi connectivity index (χ2v) is 5.00. The number of pyridine rings is 1. The first-order valence-corrected chi connectivity index (χ1v) is 6.46. The molecule has 0 aromatic carbocycles. The maximum atomic E-state index is 4.84. The van der Waals surface area contributed by atoms with Crippen LogP contribution in [0.25, 0.3) is 0 Å². The molecule has 0 amide bonds. The van der Waals surface area contributed by atoms with Gasteiger partial charge < -0.3 is 15.1 Å². The predicted octanol–water partition coefficient (Wildman–Crippen LogP) is 0.479. The van der Waals surface area contributed by atoms with Gasteiger partial charge >= 0.3 is 0 Å². The number of piperazine rings is 1. The topological polar surface area (TPSA) is 31.4 Å².